The third kappa shape index (κ3) is 4.45. The van der Waals surface area contributed by atoms with Crippen molar-refractivity contribution < 1.29 is 17.2 Å². The lowest BCUT2D eigenvalue weighted by Gasteiger charge is -2.35. The van der Waals surface area contributed by atoms with E-state index in [1.807, 2.05) is 6.07 Å². The molecule has 0 saturated carbocycles. The summed E-state index contributed by atoms with van der Waals surface area (Å²) in [6.07, 6.45) is 6.29. The molecule has 2 aliphatic rings. The fourth-order valence-electron chi connectivity index (χ4n) is 4.30. The normalized spacial score (nSPS) is 22.7. The minimum Gasteiger partial charge on any atom is -0.445 e. The quantitative estimate of drug-likeness (QED) is 0.762. The Kier molecular flexibility index (Phi) is 5.53. The van der Waals surface area contributed by atoms with Gasteiger partial charge in [0.25, 0.3) is 0 Å². The van der Waals surface area contributed by atoms with Gasteiger partial charge in [-0.05, 0) is 43.5 Å². The zero-order chi connectivity index (χ0) is 19.7. The van der Waals surface area contributed by atoms with E-state index in [0.29, 0.717) is 25.6 Å². The largest absolute Gasteiger partial charge is 0.445 e. The lowest BCUT2D eigenvalue weighted by Crippen LogP contribution is -2.45. The van der Waals surface area contributed by atoms with Crippen molar-refractivity contribution in [2.75, 3.05) is 32.4 Å². The smallest absolute Gasteiger partial charge is 0.211 e. The first-order valence-electron chi connectivity index (χ1n) is 9.77. The van der Waals surface area contributed by atoms with Gasteiger partial charge < -0.3 is 4.42 Å². The summed E-state index contributed by atoms with van der Waals surface area (Å²) in [4.78, 5) is 6.91. The zero-order valence-electron chi connectivity index (χ0n) is 16.1. The van der Waals surface area contributed by atoms with Crippen molar-refractivity contribution in [1.82, 2.24) is 14.2 Å². The molecule has 0 unspecified atom stereocenters. The van der Waals surface area contributed by atoms with Crippen LogP contribution in [0, 0.1) is 5.82 Å². The molecule has 1 atom stereocenters. The Hall–Kier alpha value is -1.77. The van der Waals surface area contributed by atoms with Gasteiger partial charge in [-0.1, -0.05) is 12.1 Å². The van der Waals surface area contributed by atoms with Crippen molar-refractivity contribution in [2.45, 2.75) is 37.6 Å². The molecule has 2 aromatic rings. The van der Waals surface area contributed by atoms with Crippen molar-refractivity contribution in [1.29, 1.82) is 0 Å². The number of likely N-dealkylation sites (tertiary alicyclic amines) is 1. The predicted octanol–water partition coefficient (Wildman–Crippen LogP) is 2.62. The van der Waals surface area contributed by atoms with Gasteiger partial charge in [0.1, 0.15) is 11.6 Å². The van der Waals surface area contributed by atoms with Gasteiger partial charge in [-0.25, -0.2) is 22.1 Å². The van der Waals surface area contributed by atoms with E-state index in [-0.39, 0.29) is 11.7 Å². The molecule has 2 fully saturated rings. The van der Waals surface area contributed by atoms with Crippen molar-refractivity contribution in [3.8, 4) is 0 Å². The first kappa shape index (κ1) is 19.5. The van der Waals surface area contributed by atoms with Crippen LogP contribution in [0.5, 0.6) is 0 Å². The summed E-state index contributed by atoms with van der Waals surface area (Å²) in [6.45, 7) is 3.07. The molecule has 8 heteroatoms. The van der Waals surface area contributed by atoms with Gasteiger partial charge >= 0.3 is 0 Å². The van der Waals surface area contributed by atoms with Crippen LogP contribution in [0.1, 0.15) is 42.4 Å². The molecule has 1 aromatic carbocycles. The van der Waals surface area contributed by atoms with Crippen molar-refractivity contribution >= 4 is 10.0 Å². The highest BCUT2D eigenvalue weighted by Gasteiger charge is 2.34. The summed E-state index contributed by atoms with van der Waals surface area (Å²) in [6, 6.07) is 6.95. The number of sulfonamides is 1. The van der Waals surface area contributed by atoms with Crippen molar-refractivity contribution in [2.24, 2.45) is 0 Å². The third-order valence-corrected chi connectivity index (χ3v) is 7.12. The Balaban J connectivity index is 1.33. The minimum absolute atomic E-state index is 0.245. The summed E-state index contributed by atoms with van der Waals surface area (Å²) in [7, 11) is -3.09. The minimum atomic E-state index is -3.09. The van der Waals surface area contributed by atoms with Gasteiger partial charge in [0, 0.05) is 38.0 Å². The molecule has 28 heavy (non-hydrogen) atoms. The Morgan fingerprint density at radius 1 is 1.21 bits per heavy atom. The highest BCUT2D eigenvalue weighted by molar-refractivity contribution is 7.88. The second-order valence-electron chi connectivity index (χ2n) is 7.85. The van der Waals surface area contributed by atoms with E-state index in [1.165, 1.54) is 18.4 Å². The standard InChI is InChI=1S/C20H26FN3O3S/c1-28(25,26)24-9-6-18(7-10-24)23-8-5-16(14-23)20-22-13-19(27-20)12-15-3-2-4-17(21)11-15/h2-4,11,13,16,18H,5-10,12,14H2,1H3/t16-/m1/s1. The van der Waals surface area contributed by atoms with Crippen LogP contribution in [0.4, 0.5) is 4.39 Å². The van der Waals surface area contributed by atoms with E-state index in [9.17, 15) is 12.8 Å². The molecular formula is C20H26FN3O3S. The molecule has 2 saturated heterocycles. The van der Waals surface area contributed by atoms with Gasteiger partial charge in [0.15, 0.2) is 5.89 Å². The number of piperidine rings is 1. The fraction of sp³-hybridized carbons (Fsp3) is 0.550. The highest BCUT2D eigenvalue weighted by atomic mass is 32.2. The molecular weight excluding hydrogens is 381 g/mol. The molecule has 0 bridgehead atoms. The molecule has 0 N–H and O–H groups in total. The average molecular weight is 408 g/mol. The van der Waals surface area contributed by atoms with Crippen LogP contribution in [0.15, 0.2) is 34.9 Å². The summed E-state index contributed by atoms with van der Waals surface area (Å²) >= 11 is 0. The lowest BCUT2D eigenvalue weighted by molar-refractivity contribution is 0.165. The highest BCUT2D eigenvalue weighted by Crippen LogP contribution is 2.31. The zero-order valence-corrected chi connectivity index (χ0v) is 16.9. The number of halogens is 1. The second-order valence-corrected chi connectivity index (χ2v) is 9.83. The third-order valence-electron chi connectivity index (χ3n) is 5.82. The van der Waals surface area contributed by atoms with Crippen LogP contribution < -0.4 is 0 Å². The number of hydrogen-bond acceptors (Lipinski definition) is 5. The van der Waals surface area contributed by atoms with Gasteiger partial charge in [0.2, 0.25) is 10.0 Å². The van der Waals surface area contributed by atoms with Crippen LogP contribution >= 0.6 is 0 Å². The maximum Gasteiger partial charge on any atom is 0.211 e. The van der Waals surface area contributed by atoms with Crippen LogP contribution in [0.3, 0.4) is 0 Å². The molecule has 1 aromatic heterocycles. The number of oxazole rings is 1. The Morgan fingerprint density at radius 3 is 2.71 bits per heavy atom. The summed E-state index contributed by atoms with van der Waals surface area (Å²) in [5.74, 6) is 1.52. The van der Waals surface area contributed by atoms with E-state index in [1.54, 1.807) is 16.6 Å². The van der Waals surface area contributed by atoms with Crippen molar-refractivity contribution in [3.63, 3.8) is 0 Å². The molecule has 0 amide bonds. The van der Waals surface area contributed by atoms with E-state index in [4.69, 9.17) is 4.42 Å². The number of rotatable bonds is 5. The molecule has 0 radical (unpaired) electrons. The maximum absolute atomic E-state index is 13.3. The maximum atomic E-state index is 13.3. The number of hydrogen-bond donors (Lipinski definition) is 0. The molecule has 152 valence electrons. The summed E-state index contributed by atoms with van der Waals surface area (Å²) in [5.41, 5.74) is 0.869. The van der Waals surface area contributed by atoms with Crippen LogP contribution in [0.25, 0.3) is 0 Å². The second kappa shape index (κ2) is 7.93. The van der Waals surface area contributed by atoms with Crippen molar-refractivity contribution in [3.05, 3.63) is 53.5 Å². The predicted molar refractivity (Wildman–Crippen MR) is 104 cm³/mol. The first-order valence-corrected chi connectivity index (χ1v) is 11.6. The van der Waals surface area contributed by atoms with Gasteiger partial charge in [-0.2, -0.15) is 0 Å². The van der Waals surface area contributed by atoms with E-state index >= 15 is 0 Å². The molecule has 2 aliphatic heterocycles. The molecule has 4 rings (SSSR count). The molecule has 0 aliphatic carbocycles. The Morgan fingerprint density at radius 2 is 2.00 bits per heavy atom. The SMILES string of the molecule is CS(=O)(=O)N1CCC(N2CC[C@@H](c3ncc(Cc4cccc(F)c4)o3)C2)CC1. The van der Waals surface area contributed by atoms with Crippen LogP contribution in [-0.2, 0) is 16.4 Å². The first-order chi connectivity index (χ1) is 13.4. The average Bonchev–Trinajstić information content (AvgIpc) is 3.30. The van der Waals surface area contributed by atoms with Crippen LogP contribution in [0.2, 0.25) is 0 Å². The van der Waals surface area contributed by atoms with Crippen LogP contribution in [-0.4, -0.2) is 61.1 Å². The monoisotopic (exact) mass is 407 g/mol. The van der Waals surface area contributed by atoms with E-state index < -0.39 is 10.0 Å². The topological polar surface area (TPSA) is 66.7 Å². The fourth-order valence-corrected chi connectivity index (χ4v) is 5.17. The molecule has 0 spiro atoms. The van der Waals surface area contributed by atoms with E-state index in [2.05, 4.69) is 9.88 Å². The summed E-state index contributed by atoms with van der Waals surface area (Å²) < 4.78 is 44.2. The van der Waals surface area contributed by atoms with Gasteiger partial charge in [0.05, 0.1) is 12.5 Å². The lowest BCUT2D eigenvalue weighted by atomic mass is 10.1. The number of nitrogens with zero attached hydrogens (tertiary/aromatic N) is 3. The number of aromatic nitrogens is 1. The molecule has 3 heterocycles. The number of benzene rings is 1. The Labute approximate surface area is 165 Å². The molecule has 6 nitrogen and oxygen atoms in total. The van der Waals surface area contributed by atoms with E-state index in [0.717, 1.165) is 49.6 Å². The summed E-state index contributed by atoms with van der Waals surface area (Å²) in [5, 5.41) is 0. The van der Waals surface area contributed by atoms with Gasteiger partial charge in [-0.3, -0.25) is 4.90 Å². The van der Waals surface area contributed by atoms with Gasteiger partial charge in [-0.15, -0.1) is 0 Å². The Bertz CT molecular complexity index is 922.